The maximum atomic E-state index is 13.8. The summed E-state index contributed by atoms with van der Waals surface area (Å²) in [5, 5.41) is 0. The lowest BCUT2D eigenvalue weighted by Gasteiger charge is -2.07. The average Bonchev–Trinajstić information content (AvgIpc) is 2.15. The van der Waals surface area contributed by atoms with E-state index in [9.17, 15) is 4.39 Å². The Labute approximate surface area is 93.2 Å². The molecule has 2 N–H and O–H groups in total. The number of nitrogen functional groups attached to an aromatic ring is 1. The van der Waals surface area contributed by atoms with E-state index in [-0.39, 0.29) is 5.82 Å². The fourth-order valence-corrected chi connectivity index (χ4v) is 1.69. The van der Waals surface area contributed by atoms with Crippen molar-refractivity contribution in [3.05, 3.63) is 41.3 Å². The fourth-order valence-electron chi connectivity index (χ4n) is 1.69. The molecule has 0 aliphatic heterocycles. The maximum Gasteiger partial charge on any atom is 0.164 e. The zero-order chi connectivity index (χ0) is 11.7. The summed E-state index contributed by atoms with van der Waals surface area (Å²) in [7, 11) is 0. The summed E-state index contributed by atoms with van der Waals surface area (Å²) in [6, 6.07) is 4.94. The van der Waals surface area contributed by atoms with E-state index in [1.54, 1.807) is 6.07 Å². The number of nitrogens with zero attached hydrogens (tertiary/aromatic N) is 2. The van der Waals surface area contributed by atoms with Crippen LogP contribution < -0.4 is 5.73 Å². The molecule has 0 fully saturated rings. The second-order valence-electron chi connectivity index (χ2n) is 3.74. The number of nitrogens with two attached hydrogens (primary N) is 1. The molecule has 0 aliphatic rings. The van der Waals surface area contributed by atoms with Gasteiger partial charge in [0.25, 0.3) is 0 Å². The van der Waals surface area contributed by atoms with Gasteiger partial charge in [-0.25, -0.2) is 14.4 Å². The predicted octanol–water partition coefficient (Wildman–Crippen LogP) is 2.48. The van der Waals surface area contributed by atoms with Gasteiger partial charge in [0.05, 0.1) is 5.56 Å². The van der Waals surface area contributed by atoms with Crippen molar-refractivity contribution in [2.75, 3.05) is 5.73 Å². The van der Waals surface area contributed by atoms with Crippen LogP contribution in [0.15, 0.2) is 24.4 Å². The molecule has 0 saturated carbocycles. The molecule has 4 heteroatoms. The van der Waals surface area contributed by atoms with Gasteiger partial charge in [0.1, 0.15) is 11.6 Å². The highest BCUT2D eigenvalue weighted by atomic mass is 19.1. The first-order chi connectivity index (χ1) is 7.58. The number of benzene rings is 1. The lowest BCUT2D eigenvalue weighted by atomic mass is 10.0. The minimum absolute atomic E-state index is 0.317. The zero-order valence-electron chi connectivity index (χ0n) is 9.16. The monoisotopic (exact) mass is 217 g/mol. The molecule has 0 bridgehead atoms. The molecule has 0 spiro atoms. The maximum absolute atomic E-state index is 13.8. The number of anilines is 1. The highest BCUT2D eigenvalue weighted by Crippen LogP contribution is 2.24. The molecule has 16 heavy (non-hydrogen) atoms. The van der Waals surface area contributed by atoms with Crippen molar-refractivity contribution >= 4 is 5.82 Å². The summed E-state index contributed by atoms with van der Waals surface area (Å²) in [6.45, 7) is 3.68. The van der Waals surface area contributed by atoms with Gasteiger partial charge in [0, 0.05) is 6.20 Å². The van der Waals surface area contributed by atoms with Gasteiger partial charge >= 0.3 is 0 Å². The summed E-state index contributed by atoms with van der Waals surface area (Å²) in [5.41, 5.74) is 7.65. The van der Waals surface area contributed by atoms with Gasteiger partial charge in [-0.15, -0.1) is 0 Å². The molecule has 0 unspecified atom stereocenters. The molecule has 3 nitrogen and oxygen atoms in total. The number of halogens is 1. The van der Waals surface area contributed by atoms with Crippen LogP contribution in [0.2, 0.25) is 0 Å². The largest absolute Gasteiger partial charge is 0.384 e. The Kier molecular flexibility index (Phi) is 2.56. The quantitative estimate of drug-likeness (QED) is 0.798. The first-order valence-corrected chi connectivity index (χ1v) is 4.93. The molecule has 82 valence electrons. The van der Waals surface area contributed by atoms with E-state index in [1.165, 1.54) is 12.3 Å². The molecule has 0 amide bonds. The van der Waals surface area contributed by atoms with Crippen molar-refractivity contribution in [1.29, 1.82) is 0 Å². The molecule has 2 rings (SSSR count). The molecule has 2 aromatic rings. The van der Waals surface area contributed by atoms with E-state index in [2.05, 4.69) is 9.97 Å². The van der Waals surface area contributed by atoms with Gasteiger partial charge in [-0.05, 0) is 37.1 Å². The van der Waals surface area contributed by atoms with Gasteiger partial charge in [-0.1, -0.05) is 6.07 Å². The Morgan fingerprint density at radius 1 is 1.25 bits per heavy atom. The van der Waals surface area contributed by atoms with Crippen LogP contribution in [0.3, 0.4) is 0 Å². The molecule has 0 atom stereocenters. The van der Waals surface area contributed by atoms with Crippen LogP contribution in [0.4, 0.5) is 10.2 Å². The third-order valence-electron chi connectivity index (χ3n) is 2.33. The van der Waals surface area contributed by atoms with Crippen LogP contribution in [-0.4, -0.2) is 9.97 Å². The molecule has 1 heterocycles. The van der Waals surface area contributed by atoms with E-state index in [0.29, 0.717) is 17.2 Å². The average molecular weight is 217 g/mol. The van der Waals surface area contributed by atoms with E-state index < -0.39 is 0 Å². The molecule has 1 aromatic carbocycles. The van der Waals surface area contributed by atoms with Crippen molar-refractivity contribution in [2.45, 2.75) is 13.8 Å². The summed E-state index contributed by atoms with van der Waals surface area (Å²) in [6.07, 6.45) is 1.52. The van der Waals surface area contributed by atoms with Crippen molar-refractivity contribution < 1.29 is 4.39 Å². The number of aryl methyl sites for hydroxylation is 2. The van der Waals surface area contributed by atoms with Crippen LogP contribution in [0.1, 0.15) is 11.1 Å². The van der Waals surface area contributed by atoms with Crippen LogP contribution in [0, 0.1) is 19.7 Å². The Morgan fingerprint density at radius 3 is 2.62 bits per heavy atom. The first-order valence-electron chi connectivity index (χ1n) is 4.93. The summed E-state index contributed by atoms with van der Waals surface area (Å²) >= 11 is 0. The highest BCUT2D eigenvalue weighted by molar-refractivity contribution is 5.62. The topological polar surface area (TPSA) is 51.8 Å². The Hall–Kier alpha value is -1.97. The van der Waals surface area contributed by atoms with E-state index in [4.69, 9.17) is 5.73 Å². The second-order valence-corrected chi connectivity index (χ2v) is 3.74. The van der Waals surface area contributed by atoms with Gasteiger partial charge in [-0.2, -0.15) is 0 Å². The number of hydrogen-bond donors (Lipinski definition) is 1. The molecule has 0 radical (unpaired) electrons. The third kappa shape index (κ3) is 1.86. The SMILES string of the molecule is Cc1cc(C)c(-c2nccc(N)n2)c(F)c1. The number of hydrogen-bond acceptors (Lipinski definition) is 3. The van der Waals surface area contributed by atoms with Crippen molar-refractivity contribution in [2.24, 2.45) is 0 Å². The standard InChI is InChI=1S/C12H12FN3/c1-7-5-8(2)11(9(13)6-7)12-15-4-3-10(14)16-12/h3-6H,1-2H3,(H2,14,15,16). The normalized spacial score (nSPS) is 10.4. The minimum Gasteiger partial charge on any atom is -0.384 e. The molecular weight excluding hydrogens is 205 g/mol. The zero-order valence-corrected chi connectivity index (χ0v) is 9.16. The van der Waals surface area contributed by atoms with Gasteiger partial charge < -0.3 is 5.73 Å². The van der Waals surface area contributed by atoms with Gasteiger partial charge in [0.2, 0.25) is 0 Å². The lowest BCUT2D eigenvalue weighted by Crippen LogP contribution is -1.98. The predicted molar refractivity (Wildman–Crippen MR) is 61.3 cm³/mol. The first kappa shape index (κ1) is 10.5. The van der Waals surface area contributed by atoms with Crippen molar-refractivity contribution in [1.82, 2.24) is 9.97 Å². The molecular formula is C12H12FN3. The minimum atomic E-state index is -0.317. The molecule has 1 aromatic heterocycles. The van der Waals surface area contributed by atoms with E-state index in [0.717, 1.165) is 11.1 Å². The van der Waals surface area contributed by atoms with Crippen LogP contribution in [-0.2, 0) is 0 Å². The van der Waals surface area contributed by atoms with Crippen LogP contribution >= 0.6 is 0 Å². The van der Waals surface area contributed by atoms with Crippen molar-refractivity contribution in [3.8, 4) is 11.4 Å². The second kappa shape index (κ2) is 3.89. The number of aromatic nitrogens is 2. The highest BCUT2D eigenvalue weighted by Gasteiger charge is 2.11. The Bertz CT molecular complexity index is 515. The lowest BCUT2D eigenvalue weighted by molar-refractivity contribution is 0.627. The number of rotatable bonds is 1. The summed E-state index contributed by atoms with van der Waals surface area (Å²) < 4.78 is 13.8. The Morgan fingerprint density at radius 2 is 2.00 bits per heavy atom. The van der Waals surface area contributed by atoms with Gasteiger partial charge in [-0.3, -0.25) is 0 Å². The van der Waals surface area contributed by atoms with E-state index >= 15 is 0 Å². The fraction of sp³-hybridized carbons (Fsp3) is 0.167. The third-order valence-corrected chi connectivity index (χ3v) is 2.33. The molecule has 0 saturated heterocycles. The van der Waals surface area contributed by atoms with Crippen molar-refractivity contribution in [3.63, 3.8) is 0 Å². The summed E-state index contributed by atoms with van der Waals surface area (Å²) in [5.74, 6) is 0.350. The Balaban J connectivity index is 2.64. The van der Waals surface area contributed by atoms with E-state index in [1.807, 2.05) is 19.9 Å². The smallest absolute Gasteiger partial charge is 0.164 e. The van der Waals surface area contributed by atoms with Crippen LogP contribution in [0.5, 0.6) is 0 Å². The summed E-state index contributed by atoms with van der Waals surface area (Å²) in [4.78, 5) is 8.05. The molecule has 0 aliphatic carbocycles. The van der Waals surface area contributed by atoms with Gasteiger partial charge in [0.15, 0.2) is 5.82 Å². The van der Waals surface area contributed by atoms with Crippen LogP contribution in [0.25, 0.3) is 11.4 Å².